The largest absolute Gasteiger partial charge is 0.447 e. The number of amides is 1. The summed E-state index contributed by atoms with van der Waals surface area (Å²) in [5, 5.41) is 6.26. The van der Waals surface area contributed by atoms with Crippen LogP contribution in [0.25, 0.3) is 5.57 Å². The standard InChI is InChI=1S/C21H26ClN7O3S/c1-21(2,12-32-20(30)23-3)28-18-16-15(6-9-33(16)31)26-19(27-18)29-7-4-13(5-8-29)17-24-10-14(22)11-25-17/h4,10-11H,5-9,12H2,1-3H3,(H,23,30)(H,26,27,28). The first-order valence-electron chi connectivity index (χ1n) is 10.6. The lowest BCUT2D eigenvalue weighted by molar-refractivity contribution is 0.131. The second-order valence-corrected chi connectivity index (χ2v) is 10.4. The Kier molecular flexibility index (Phi) is 6.80. The summed E-state index contributed by atoms with van der Waals surface area (Å²) in [6.45, 7) is 5.20. The van der Waals surface area contributed by atoms with Gasteiger partial charge in [0, 0.05) is 44.7 Å². The molecule has 0 spiro atoms. The number of alkyl carbamates (subject to hydrolysis) is 1. The summed E-state index contributed by atoms with van der Waals surface area (Å²) in [6.07, 6.45) is 6.11. The van der Waals surface area contributed by atoms with Gasteiger partial charge in [0.1, 0.15) is 17.3 Å². The maximum Gasteiger partial charge on any atom is 0.406 e. The molecule has 1 unspecified atom stereocenters. The van der Waals surface area contributed by atoms with E-state index in [4.69, 9.17) is 26.3 Å². The van der Waals surface area contributed by atoms with Crippen LogP contribution < -0.4 is 15.5 Å². The Hall–Kier alpha value is -2.79. The Labute approximate surface area is 199 Å². The third kappa shape index (κ3) is 5.41. The summed E-state index contributed by atoms with van der Waals surface area (Å²) < 4.78 is 17.9. The summed E-state index contributed by atoms with van der Waals surface area (Å²) in [5.41, 5.74) is 1.22. The van der Waals surface area contributed by atoms with Gasteiger partial charge in [0.2, 0.25) is 5.95 Å². The van der Waals surface area contributed by atoms with Crippen LogP contribution in [0.15, 0.2) is 23.4 Å². The molecule has 33 heavy (non-hydrogen) atoms. The normalized spacial score (nSPS) is 17.9. The van der Waals surface area contributed by atoms with Crippen molar-refractivity contribution in [1.29, 1.82) is 0 Å². The molecule has 0 aliphatic carbocycles. The lowest BCUT2D eigenvalue weighted by Gasteiger charge is -2.29. The molecule has 2 aliphatic rings. The van der Waals surface area contributed by atoms with Crippen LogP contribution in [-0.2, 0) is 22.0 Å². The van der Waals surface area contributed by atoms with Crippen molar-refractivity contribution in [1.82, 2.24) is 25.3 Å². The second-order valence-electron chi connectivity index (χ2n) is 8.43. The molecule has 0 saturated heterocycles. The molecule has 2 aliphatic heterocycles. The zero-order valence-electron chi connectivity index (χ0n) is 18.7. The van der Waals surface area contributed by atoms with E-state index in [0.717, 1.165) is 17.7 Å². The van der Waals surface area contributed by atoms with Gasteiger partial charge in [0.25, 0.3) is 0 Å². The molecule has 12 heteroatoms. The highest BCUT2D eigenvalue weighted by Crippen LogP contribution is 2.32. The summed E-state index contributed by atoms with van der Waals surface area (Å²) >= 11 is 5.89. The van der Waals surface area contributed by atoms with Crippen molar-refractivity contribution in [2.75, 3.05) is 42.7 Å². The van der Waals surface area contributed by atoms with Crippen molar-refractivity contribution in [2.24, 2.45) is 0 Å². The number of halogens is 1. The van der Waals surface area contributed by atoms with E-state index in [2.05, 4.69) is 31.6 Å². The van der Waals surface area contributed by atoms with E-state index in [-0.39, 0.29) is 6.61 Å². The molecule has 0 saturated carbocycles. The number of hydrogen-bond acceptors (Lipinski definition) is 9. The highest BCUT2D eigenvalue weighted by atomic mass is 35.5. The van der Waals surface area contributed by atoms with Gasteiger partial charge in [-0.1, -0.05) is 17.7 Å². The van der Waals surface area contributed by atoms with Crippen molar-refractivity contribution in [3.63, 3.8) is 0 Å². The quantitative estimate of drug-likeness (QED) is 0.627. The molecule has 0 fully saturated rings. The minimum absolute atomic E-state index is 0.115. The third-order valence-electron chi connectivity index (χ3n) is 5.30. The maximum absolute atomic E-state index is 12.6. The van der Waals surface area contributed by atoms with Gasteiger partial charge in [-0.05, 0) is 25.8 Å². The van der Waals surface area contributed by atoms with Gasteiger partial charge in [-0.2, -0.15) is 4.98 Å². The Morgan fingerprint density at radius 1 is 1.27 bits per heavy atom. The van der Waals surface area contributed by atoms with Gasteiger partial charge in [-0.3, -0.25) is 4.21 Å². The van der Waals surface area contributed by atoms with E-state index < -0.39 is 22.4 Å². The minimum Gasteiger partial charge on any atom is -0.447 e. The number of carbonyl (C=O) groups is 1. The molecule has 4 heterocycles. The molecule has 1 atom stereocenters. The van der Waals surface area contributed by atoms with Crippen LogP contribution in [0.5, 0.6) is 0 Å². The predicted octanol–water partition coefficient (Wildman–Crippen LogP) is 2.42. The van der Waals surface area contributed by atoms with Gasteiger partial charge < -0.3 is 20.3 Å². The zero-order chi connectivity index (χ0) is 23.6. The number of nitrogens with zero attached hydrogens (tertiary/aromatic N) is 5. The number of hydrogen-bond donors (Lipinski definition) is 2. The average molecular weight is 492 g/mol. The molecular weight excluding hydrogens is 466 g/mol. The van der Waals surface area contributed by atoms with Gasteiger partial charge in [-0.15, -0.1) is 0 Å². The first kappa shape index (κ1) is 23.4. The summed E-state index contributed by atoms with van der Waals surface area (Å²) in [7, 11) is 0.337. The van der Waals surface area contributed by atoms with E-state index in [1.807, 2.05) is 13.8 Å². The molecule has 0 aromatic carbocycles. The van der Waals surface area contributed by atoms with E-state index in [0.29, 0.717) is 52.8 Å². The number of fused-ring (bicyclic) bond motifs is 1. The molecule has 176 valence electrons. The molecule has 4 rings (SSSR count). The first-order chi connectivity index (χ1) is 15.8. The van der Waals surface area contributed by atoms with Gasteiger partial charge >= 0.3 is 6.09 Å². The van der Waals surface area contributed by atoms with Crippen LogP contribution in [0.4, 0.5) is 16.6 Å². The number of anilines is 2. The van der Waals surface area contributed by atoms with Crippen molar-refractivity contribution in [2.45, 2.75) is 37.1 Å². The van der Waals surface area contributed by atoms with Crippen LogP contribution in [0.3, 0.4) is 0 Å². The molecule has 2 aromatic rings. The van der Waals surface area contributed by atoms with Crippen LogP contribution >= 0.6 is 11.6 Å². The molecule has 1 amide bonds. The van der Waals surface area contributed by atoms with E-state index in [9.17, 15) is 9.00 Å². The van der Waals surface area contributed by atoms with Crippen molar-refractivity contribution >= 4 is 45.8 Å². The maximum atomic E-state index is 12.6. The Morgan fingerprint density at radius 2 is 2.03 bits per heavy atom. The van der Waals surface area contributed by atoms with Gasteiger partial charge in [0.15, 0.2) is 5.82 Å². The SMILES string of the molecule is CNC(=O)OCC(C)(C)Nc1nc(N2CC=C(c3ncc(Cl)cn3)CC2)nc2c1S(=O)CC2. The van der Waals surface area contributed by atoms with Crippen LogP contribution in [0.1, 0.15) is 31.8 Å². The minimum atomic E-state index is -1.17. The molecule has 2 N–H and O–H groups in total. The van der Waals surface area contributed by atoms with Crippen LogP contribution in [-0.4, -0.2) is 68.3 Å². The fourth-order valence-electron chi connectivity index (χ4n) is 3.62. The third-order valence-corrected chi connectivity index (χ3v) is 6.95. The highest BCUT2D eigenvalue weighted by molar-refractivity contribution is 7.85. The number of ether oxygens (including phenoxy) is 1. The Bertz CT molecular complexity index is 1110. The zero-order valence-corrected chi connectivity index (χ0v) is 20.3. The summed E-state index contributed by atoms with van der Waals surface area (Å²) in [4.78, 5) is 32.3. The van der Waals surface area contributed by atoms with Crippen LogP contribution in [0.2, 0.25) is 5.02 Å². The number of carbonyl (C=O) groups excluding carboxylic acids is 1. The summed E-state index contributed by atoms with van der Waals surface area (Å²) in [5.74, 6) is 2.29. The van der Waals surface area contributed by atoms with E-state index >= 15 is 0 Å². The van der Waals surface area contributed by atoms with E-state index in [1.165, 1.54) is 7.05 Å². The predicted molar refractivity (Wildman–Crippen MR) is 127 cm³/mol. The molecule has 2 aromatic heterocycles. The topological polar surface area (TPSA) is 122 Å². The fourth-order valence-corrected chi connectivity index (χ4v) is 5.02. The monoisotopic (exact) mass is 491 g/mol. The van der Waals surface area contributed by atoms with Crippen molar-refractivity contribution in [3.05, 3.63) is 35.0 Å². The Balaban J connectivity index is 1.56. The van der Waals surface area contributed by atoms with Gasteiger partial charge in [0.05, 0.1) is 27.1 Å². The number of rotatable bonds is 6. The van der Waals surface area contributed by atoms with Crippen molar-refractivity contribution in [3.8, 4) is 0 Å². The lowest BCUT2D eigenvalue weighted by atomic mass is 10.1. The molecule has 0 radical (unpaired) electrons. The smallest absolute Gasteiger partial charge is 0.406 e. The number of aromatic nitrogens is 4. The van der Waals surface area contributed by atoms with Gasteiger partial charge in [-0.25, -0.2) is 19.7 Å². The first-order valence-corrected chi connectivity index (χ1v) is 12.3. The number of aryl methyl sites for hydroxylation is 1. The highest BCUT2D eigenvalue weighted by Gasteiger charge is 2.31. The molecule has 10 nitrogen and oxygen atoms in total. The second kappa shape index (κ2) is 9.60. The number of nitrogens with one attached hydrogen (secondary N) is 2. The fraction of sp³-hybridized carbons (Fsp3) is 0.476. The lowest BCUT2D eigenvalue weighted by Crippen LogP contribution is -2.39. The summed E-state index contributed by atoms with van der Waals surface area (Å²) in [6, 6.07) is 0. The Morgan fingerprint density at radius 3 is 2.70 bits per heavy atom. The molecule has 0 bridgehead atoms. The average Bonchev–Trinajstić information content (AvgIpc) is 3.19. The van der Waals surface area contributed by atoms with Crippen molar-refractivity contribution < 1.29 is 13.7 Å². The van der Waals surface area contributed by atoms with Crippen LogP contribution in [0, 0.1) is 0 Å². The van der Waals surface area contributed by atoms with E-state index in [1.54, 1.807) is 12.4 Å². The molecular formula is C21H26ClN7O3S.